The molecule has 0 bridgehead atoms. The minimum absolute atomic E-state index is 0.248. The number of aromatic nitrogens is 4. The van der Waals surface area contributed by atoms with E-state index in [1.807, 2.05) is 39.0 Å². The normalized spacial score (nSPS) is 10.9. The highest BCUT2D eigenvalue weighted by Crippen LogP contribution is 2.24. The molecule has 1 N–H and O–H groups in total. The lowest BCUT2D eigenvalue weighted by atomic mass is 10.1. The van der Waals surface area contributed by atoms with Gasteiger partial charge in [-0.05, 0) is 53.8 Å². The largest absolute Gasteiger partial charge is 0.446 e. The Kier molecular flexibility index (Phi) is 3.96. The zero-order valence-electron chi connectivity index (χ0n) is 13.2. The van der Waals surface area contributed by atoms with Gasteiger partial charge in [-0.25, -0.2) is 14.0 Å². The van der Waals surface area contributed by atoms with Crippen LogP contribution in [0.3, 0.4) is 0 Å². The number of benzene rings is 1. The van der Waals surface area contributed by atoms with E-state index in [1.165, 1.54) is 4.57 Å². The van der Waals surface area contributed by atoms with Gasteiger partial charge in [0, 0.05) is 6.54 Å². The fourth-order valence-corrected chi connectivity index (χ4v) is 2.19. The van der Waals surface area contributed by atoms with Crippen molar-refractivity contribution in [3.05, 3.63) is 39.9 Å². The Morgan fingerprint density at radius 3 is 2.74 bits per heavy atom. The number of hydrogen-bond donors (Lipinski definition) is 1. The van der Waals surface area contributed by atoms with Gasteiger partial charge in [-0.3, -0.25) is 4.52 Å². The molecule has 0 saturated heterocycles. The summed E-state index contributed by atoms with van der Waals surface area (Å²) in [6.07, 6.45) is 0.912. The summed E-state index contributed by atoms with van der Waals surface area (Å²) in [5.41, 5.74) is 3.18. The summed E-state index contributed by atoms with van der Waals surface area (Å²) in [5, 5.41) is 14.6. The monoisotopic (exact) mass is 315 g/mol. The molecule has 0 aliphatic carbocycles. The van der Waals surface area contributed by atoms with Crippen LogP contribution >= 0.6 is 0 Å². The fraction of sp³-hybridized carbons (Fsp3) is 0.333. The summed E-state index contributed by atoms with van der Waals surface area (Å²) in [7, 11) is 0. The van der Waals surface area contributed by atoms with Crippen molar-refractivity contribution in [2.24, 2.45) is 0 Å². The van der Waals surface area contributed by atoms with Crippen LogP contribution in [0.15, 0.2) is 32.1 Å². The first-order chi connectivity index (χ1) is 11.1. The van der Waals surface area contributed by atoms with Crippen molar-refractivity contribution in [1.82, 2.24) is 20.0 Å². The zero-order chi connectivity index (χ0) is 16.4. The quantitative estimate of drug-likeness (QED) is 0.771. The highest BCUT2D eigenvalue weighted by Gasteiger charge is 2.22. The van der Waals surface area contributed by atoms with Crippen LogP contribution in [0.2, 0.25) is 0 Å². The van der Waals surface area contributed by atoms with E-state index < -0.39 is 5.76 Å². The number of hydrogen-bond acceptors (Lipinski definition) is 7. The summed E-state index contributed by atoms with van der Waals surface area (Å²) in [4.78, 5) is 12.1. The van der Waals surface area contributed by atoms with Crippen LogP contribution < -0.4 is 11.1 Å². The minimum atomic E-state index is -0.590. The lowest BCUT2D eigenvalue weighted by Crippen LogP contribution is -2.14. The number of nitrogens with zero attached hydrogens (tertiary/aromatic N) is 4. The van der Waals surface area contributed by atoms with Crippen molar-refractivity contribution >= 4 is 5.82 Å². The van der Waals surface area contributed by atoms with E-state index in [0.29, 0.717) is 23.7 Å². The zero-order valence-corrected chi connectivity index (χ0v) is 13.2. The molecule has 3 rings (SSSR count). The molecule has 0 amide bonds. The number of rotatable bonds is 5. The fourth-order valence-electron chi connectivity index (χ4n) is 2.19. The van der Waals surface area contributed by atoms with Gasteiger partial charge in [0.25, 0.3) is 0 Å². The molecular weight excluding hydrogens is 298 g/mol. The Morgan fingerprint density at radius 1 is 1.17 bits per heavy atom. The molecule has 0 atom stereocenters. The van der Waals surface area contributed by atoms with E-state index in [4.69, 9.17) is 9.15 Å². The molecule has 2 heterocycles. The predicted octanol–water partition coefficient (Wildman–Crippen LogP) is 2.31. The lowest BCUT2D eigenvalue weighted by Gasteiger charge is -2.06. The van der Waals surface area contributed by atoms with Gasteiger partial charge in [0.05, 0.1) is 5.69 Å². The van der Waals surface area contributed by atoms with Crippen molar-refractivity contribution in [2.45, 2.75) is 27.2 Å². The average molecular weight is 315 g/mol. The van der Waals surface area contributed by atoms with Crippen LogP contribution in [-0.2, 0) is 0 Å². The number of nitrogens with one attached hydrogen (secondary N) is 1. The molecule has 0 spiro atoms. The maximum absolute atomic E-state index is 12.1. The molecule has 0 saturated carbocycles. The predicted molar refractivity (Wildman–Crippen MR) is 83.6 cm³/mol. The molecule has 3 aromatic rings. The first-order valence-electron chi connectivity index (χ1n) is 7.35. The molecule has 120 valence electrons. The second kappa shape index (κ2) is 6.07. The van der Waals surface area contributed by atoms with E-state index in [0.717, 1.165) is 17.5 Å². The molecule has 0 aliphatic rings. The van der Waals surface area contributed by atoms with Crippen LogP contribution in [0, 0.1) is 13.8 Å². The standard InChI is InChI=1S/C15H17N5O3/c1-4-7-16-13-12(17-23-18-13)14-19-22-15(21)20(14)11-6-5-9(2)10(3)8-11/h5-6,8H,4,7H2,1-3H3,(H,16,18). The van der Waals surface area contributed by atoms with Crippen molar-refractivity contribution < 1.29 is 9.15 Å². The third kappa shape index (κ3) is 2.75. The van der Waals surface area contributed by atoms with Gasteiger partial charge in [-0.2, -0.15) is 0 Å². The Morgan fingerprint density at radius 2 is 2.00 bits per heavy atom. The van der Waals surface area contributed by atoms with Gasteiger partial charge >= 0.3 is 5.76 Å². The molecule has 0 fully saturated rings. The molecule has 0 aliphatic heterocycles. The molecule has 1 aromatic carbocycles. The first kappa shape index (κ1) is 15.0. The smallest absolute Gasteiger partial charge is 0.365 e. The van der Waals surface area contributed by atoms with Gasteiger partial charge in [0.1, 0.15) is 0 Å². The molecule has 0 radical (unpaired) electrons. The third-order valence-electron chi connectivity index (χ3n) is 3.60. The highest BCUT2D eigenvalue weighted by molar-refractivity contribution is 5.66. The van der Waals surface area contributed by atoms with Crippen LogP contribution in [0.5, 0.6) is 0 Å². The third-order valence-corrected chi connectivity index (χ3v) is 3.60. The number of anilines is 1. The molecule has 0 unspecified atom stereocenters. The molecule has 8 heteroatoms. The van der Waals surface area contributed by atoms with Crippen LogP contribution in [-0.4, -0.2) is 26.6 Å². The Hall–Kier alpha value is -2.90. The summed E-state index contributed by atoms with van der Waals surface area (Å²) in [6.45, 7) is 6.71. The number of aryl methyl sites for hydroxylation is 2. The van der Waals surface area contributed by atoms with Crippen LogP contribution in [0.4, 0.5) is 5.82 Å². The molecular formula is C15H17N5O3. The second-order valence-corrected chi connectivity index (χ2v) is 5.26. The average Bonchev–Trinajstić information content (AvgIpc) is 3.14. The van der Waals surface area contributed by atoms with E-state index >= 15 is 0 Å². The molecule has 23 heavy (non-hydrogen) atoms. The van der Waals surface area contributed by atoms with E-state index in [2.05, 4.69) is 20.8 Å². The lowest BCUT2D eigenvalue weighted by molar-refractivity contribution is 0.309. The summed E-state index contributed by atoms with van der Waals surface area (Å²) in [6, 6.07) is 5.66. The van der Waals surface area contributed by atoms with Crippen molar-refractivity contribution in [3.63, 3.8) is 0 Å². The van der Waals surface area contributed by atoms with E-state index in [-0.39, 0.29) is 5.82 Å². The van der Waals surface area contributed by atoms with Gasteiger partial charge in [-0.15, -0.1) is 0 Å². The van der Waals surface area contributed by atoms with Crippen molar-refractivity contribution in [1.29, 1.82) is 0 Å². The second-order valence-electron chi connectivity index (χ2n) is 5.26. The van der Waals surface area contributed by atoms with Crippen molar-refractivity contribution in [2.75, 3.05) is 11.9 Å². The topological polar surface area (TPSA) is 99.0 Å². The summed E-state index contributed by atoms with van der Waals surface area (Å²) >= 11 is 0. The Labute approximate surface area is 132 Å². The SMILES string of the molecule is CCCNc1nonc1-c1noc(=O)n1-c1ccc(C)c(C)c1. The van der Waals surface area contributed by atoms with E-state index in [1.54, 1.807) is 0 Å². The maximum atomic E-state index is 12.1. The van der Waals surface area contributed by atoms with Crippen LogP contribution in [0.25, 0.3) is 17.2 Å². The van der Waals surface area contributed by atoms with Crippen LogP contribution in [0.1, 0.15) is 24.5 Å². The Bertz CT molecular complexity index is 877. The maximum Gasteiger partial charge on any atom is 0.446 e. The molecule has 2 aromatic heterocycles. The summed E-state index contributed by atoms with van der Waals surface area (Å²) < 4.78 is 11.0. The van der Waals surface area contributed by atoms with Gasteiger partial charge in [0.2, 0.25) is 11.6 Å². The van der Waals surface area contributed by atoms with E-state index in [9.17, 15) is 4.79 Å². The first-order valence-corrected chi connectivity index (χ1v) is 7.35. The Balaban J connectivity index is 2.11. The van der Waals surface area contributed by atoms with Crippen molar-refractivity contribution in [3.8, 4) is 17.2 Å². The van der Waals surface area contributed by atoms with Gasteiger partial charge in [-0.1, -0.05) is 18.1 Å². The highest BCUT2D eigenvalue weighted by atomic mass is 16.6. The molecule has 8 nitrogen and oxygen atoms in total. The summed E-state index contributed by atoms with van der Waals surface area (Å²) in [5.74, 6) is 0.0866. The van der Waals surface area contributed by atoms with Gasteiger partial charge < -0.3 is 5.32 Å². The van der Waals surface area contributed by atoms with Gasteiger partial charge in [0.15, 0.2) is 5.69 Å². The minimum Gasteiger partial charge on any atom is -0.365 e.